The van der Waals surface area contributed by atoms with Crippen LogP contribution in [0.3, 0.4) is 0 Å². The monoisotopic (exact) mass is 949 g/mol. The molecule has 12 heteroatoms. The lowest BCUT2D eigenvalue weighted by molar-refractivity contribution is -0.161. The van der Waals surface area contributed by atoms with E-state index in [9.17, 15) is 28.9 Å². The fourth-order valence-electron chi connectivity index (χ4n) is 6.64. The molecule has 0 aromatic carbocycles. The van der Waals surface area contributed by atoms with Crippen LogP contribution in [0.4, 0.5) is 0 Å². The van der Waals surface area contributed by atoms with Gasteiger partial charge in [0.25, 0.3) is 0 Å². The highest BCUT2D eigenvalue weighted by molar-refractivity contribution is 7.47. The molecule has 0 fully saturated rings. The number of hydrogen-bond acceptors (Lipinski definition) is 10. The molecule has 380 valence electrons. The Bertz CT molecular complexity index is 1390. The predicted molar refractivity (Wildman–Crippen MR) is 270 cm³/mol. The Morgan fingerprint density at radius 2 is 0.818 bits per heavy atom. The molecule has 0 bridgehead atoms. The van der Waals surface area contributed by atoms with Gasteiger partial charge in [-0.15, -0.1) is 0 Å². The fourth-order valence-corrected chi connectivity index (χ4v) is 7.42. The first-order valence-electron chi connectivity index (χ1n) is 25.8. The highest BCUT2D eigenvalue weighted by Gasteiger charge is 2.28. The van der Waals surface area contributed by atoms with E-state index in [0.29, 0.717) is 19.3 Å². The van der Waals surface area contributed by atoms with Gasteiger partial charge in [-0.3, -0.25) is 23.4 Å². The number of aliphatic hydroxyl groups excluding tert-OH is 1. The van der Waals surface area contributed by atoms with Crippen molar-refractivity contribution in [3.63, 3.8) is 0 Å². The summed E-state index contributed by atoms with van der Waals surface area (Å²) in [6.07, 6.45) is 51.6. The van der Waals surface area contributed by atoms with Crippen LogP contribution in [0, 0.1) is 0 Å². The Labute approximate surface area is 401 Å². The molecule has 0 radical (unpaired) electrons. The van der Waals surface area contributed by atoms with Crippen LogP contribution in [-0.4, -0.2) is 66.5 Å². The van der Waals surface area contributed by atoms with Crippen molar-refractivity contribution in [1.82, 2.24) is 0 Å². The molecule has 0 spiro atoms. The highest BCUT2D eigenvalue weighted by Crippen LogP contribution is 2.43. The first kappa shape index (κ1) is 62.9. The van der Waals surface area contributed by atoms with E-state index < -0.39 is 57.8 Å². The number of esters is 3. The normalized spacial score (nSPS) is 14.1. The molecule has 0 heterocycles. The second kappa shape index (κ2) is 48.4. The van der Waals surface area contributed by atoms with E-state index in [4.69, 9.17) is 23.3 Å². The average molecular weight is 949 g/mol. The summed E-state index contributed by atoms with van der Waals surface area (Å²) in [5.41, 5.74) is 0. The third-order valence-corrected chi connectivity index (χ3v) is 11.5. The van der Waals surface area contributed by atoms with Crippen molar-refractivity contribution in [2.45, 2.75) is 226 Å². The zero-order valence-electron chi connectivity index (χ0n) is 41.6. The second-order valence-corrected chi connectivity index (χ2v) is 18.4. The van der Waals surface area contributed by atoms with Crippen LogP contribution in [0.5, 0.6) is 0 Å². The van der Waals surface area contributed by atoms with Gasteiger partial charge in [-0.1, -0.05) is 164 Å². The van der Waals surface area contributed by atoms with Crippen molar-refractivity contribution >= 4 is 25.7 Å². The van der Waals surface area contributed by atoms with E-state index in [-0.39, 0.29) is 25.9 Å². The molecule has 0 aliphatic heterocycles. The molecule has 3 atom stereocenters. The first-order valence-corrected chi connectivity index (χ1v) is 27.3. The summed E-state index contributed by atoms with van der Waals surface area (Å²) < 4.78 is 39.3. The van der Waals surface area contributed by atoms with Crippen LogP contribution < -0.4 is 0 Å². The van der Waals surface area contributed by atoms with Gasteiger partial charge < -0.3 is 24.2 Å². The van der Waals surface area contributed by atoms with Crippen LogP contribution in [0.2, 0.25) is 0 Å². The third kappa shape index (κ3) is 46.0. The number of hydrogen-bond donors (Lipinski definition) is 2. The Kier molecular flexibility index (Phi) is 46.1. The van der Waals surface area contributed by atoms with Crippen molar-refractivity contribution in [2.24, 2.45) is 0 Å². The highest BCUT2D eigenvalue weighted by atomic mass is 31.2. The lowest BCUT2D eigenvalue weighted by Crippen LogP contribution is -2.30. The minimum atomic E-state index is -4.75. The van der Waals surface area contributed by atoms with Crippen LogP contribution in [-0.2, 0) is 42.2 Å². The number of unbranched alkanes of at least 4 members (excludes halogenated alkanes) is 18. The summed E-state index contributed by atoms with van der Waals surface area (Å²) in [5.74, 6) is -1.53. The lowest BCUT2D eigenvalue weighted by atomic mass is 10.1. The van der Waals surface area contributed by atoms with Crippen LogP contribution >= 0.6 is 7.82 Å². The van der Waals surface area contributed by atoms with E-state index in [2.05, 4.69) is 93.7 Å². The molecule has 2 N–H and O–H groups in total. The van der Waals surface area contributed by atoms with Crippen LogP contribution in [0.15, 0.2) is 72.9 Å². The Morgan fingerprint density at radius 1 is 0.439 bits per heavy atom. The largest absolute Gasteiger partial charge is 0.472 e. The summed E-state index contributed by atoms with van der Waals surface area (Å²) in [7, 11) is -4.75. The maximum absolute atomic E-state index is 12.8. The molecule has 3 unspecified atom stereocenters. The topological polar surface area (TPSA) is 155 Å². The van der Waals surface area contributed by atoms with Gasteiger partial charge in [0.15, 0.2) is 6.10 Å². The molecule has 0 aromatic heterocycles. The number of allylic oxidation sites excluding steroid dienone is 12. The van der Waals surface area contributed by atoms with Gasteiger partial charge in [0.2, 0.25) is 0 Å². The predicted octanol–water partition coefficient (Wildman–Crippen LogP) is 14.6. The van der Waals surface area contributed by atoms with Crippen molar-refractivity contribution < 1.29 is 52.2 Å². The van der Waals surface area contributed by atoms with Crippen molar-refractivity contribution in [3.05, 3.63) is 72.9 Å². The smallest absolute Gasteiger partial charge is 0.462 e. The molecule has 0 rings (SSSR count). The fraction of sp³-hybridized carbons (Fsp3) is 0.722. The molecular weight excluding hydrogens is 856 g/mol. The van der Waals surface area contributed by atoms with Gasteiger partial charge in [0, 0.05) is 19.3 Å². The zero-order valence-corrected chi connectivity index (χ0v) is 42.5. The summed E-state index contributed by atoms with van der Waals surface area (Å²) in [6, 6.07) is 0. The number of phosphoric ester groups is 1. The van der Waals surface area contributed by atoms with Crippen molar-refractivity contribution in [2.75, 3.05) is 26.4 Å². The molecule has 11 nitrogen and oxygen atoms in total. The maximum atomic E-state index is 12.8. The Hall–Kier alpha value is -3.08. The van der Waals surface area contributed by atoms with E-state index in [0.717, 1.165) is 122 Å². The third-order valence-electron chi connectivity index (χ3n) is 10.6. The van der Waals surface area contributed by atoms with Crippen LogP contribution in [0.1, 0.15) is 213 Å². The van der Waals surface area contributed by atoms with Gasteiger partial charge in [0.05, 0.1) is 19.8 Å². The minimum absolute atomic E-state index is 0.127. The Balaban J connectivity index is 4.80. The molecule has 66 heavy (non-hydrogen) atoms. The molecular formula is C54H93O11P. The Morgan fingerprint density at radius 3 is 1.30 bits per heavy atom. The summed E-state index contributed by atoms with van der Waals surface area (Å²) in [5, 5.41) is 9.77. The standard InChI is InChI=1S/C54H93O11P/c1-4-7-10-13-16-19-22-25-28-31-34-37-40-43-52(56)61-47-51(65-54(58)45-42-39-36-33-30-27-24-21-18-15-12-9-6-3)49-63-66(59,60)62-48-50(46-55)64-53(57)44-41-38-35-32-29-26-23-20-17-14-11-8-5-2/h9-10,12-13,18-23,27,30,50-51,55H,4-8,11,14-17,24-26,28-29,31-49H2,1-3H3,(H,59,60)/b12-9-,13-10-,21-18-,22-19-,23-20-,30-27-. The lowest BCUT2D eigenvalue weighted by Gasteiger charge is -2.21. The van der Waals surface area contributed by atoms with Crippen molar-refractivity contribution in [3.8, 4) is 0 Å². The summed E-state index contributed by atoms with van der Waals surface area (Å²) in [4.78, 5) is 48.3. The number of carbonyl (C=O) groups excluding carboxylic acids is 3. The second-order valence-electron chi connectivity index (χ2n) is 16.9. The van der Waals surface area contributed by atoms with E-state index >= 15 is 0 Å². The number of phosphoric acid groups is 1. The van der Waals surface area contributed by atoms with Gasteiger partial charge in [-0.25, -0.2) is 4.57 Å². The van der Waals surface area contributed by atoms with Gasteiger partial charge in [0.1, 0.15) is 12.7 Å². The first-order chi connectivity index (χ1) is 32.2. The quantitative estimate of drug-likeness (QED) is 0.0197. The van der Waals surface area contributed by atoms with E-state index in [1.807, 2.05) is 0 Å². The molecule has 0 aliphatic rings. The summed E-state index contributed by atoms with van der Waals surface area (Å²) >= 11 is 0. The molecule has 0 aliphatic carbocycles. The molecule has 0 amide bonds. The summed E-state index contributed by atoms with van der Waals surface area (Å²) in [6.45, 7) is 4.37. The van der Waals surface area contributed by atoms with Crippen LogP contribution in [0.25, 0.3) is 0 Å². The van der Waals surface area contributed by atoms with Gasteiger partial charge in [-0.05, 0) is 103 Å². The van der Waals surface area contributed by atoms with Gasteiger partial charge >= 0.3 is 25.7 Å². The SMILES string of the molecule is CC/C=C\C/C=C\C/C=C\CCCCCC(=O)OC(COC(=O)CCCCCCC/C=C\C/C=C\CCC)COP(=O)(O)OCC(CO)OC(=O)CCCCCCC/C=C\CCCCCC. The average Bonchev–Trinajstić information content (AvgIpc) is 3.30. The molecule has 0 saturated carbocycles. The maximum Gasteiger partial charge on any atom is 0.472 e. The number of ether oxygens (including phenoxy) is 3. The van der Waals surface area contributed by atoms with E-state index in [1.165, 1.54) is 32.1 Å². The zero-order chi connectivity index (χ0) is 48.4. The number of aliphatic hydroxyl groups is 1. The number of rotatable bonds is 47. The minimum Gasteiger partial charge on any atom is -0.462 e. The number of carbonyl (C=O) groups is 3. The van der Waals surface area contributed by atoms with Gasteiger partial charge in [-0.2, -0.15) is 0 Å². The molecule has 0 saturated heterocycles. The molecule has 0 aromatic rings. The van der Waals surface area contributed by atoms with Crippen molar-refractivity contribution in [1.29, 1.82) is 0 Å². The van der Waals surface area contributed by atoms with E-state index in [1.54, 1.807) is 0 Å².